The number of rotatable bonds is 3. The standard InChI is InChI=1S/C16H12Cl2N2O/c17-12-6-7-14(15(18)8-12)16(21)11-9-19-20(10-11)13-4-2-1-3-5-13/h1-10,16,21H. The van der Waals surface area contributed by atoms with Gasteiger partial charge in [0, 0.05) is 27.4 Å². The van der Waals surface area contributed by atoms with Gasteiger partial charge in [-0.15, -0.1) is 0 Å². The number of aromatic nitrogens is 2. The monoisotopic (exact) mass is 318 g/mol. The quantitative estimate of drug-likeness (QED) is 0.783. The molecular formula is C16H12Cl2N2O. The molecule has 1 N–H and O–H groups in total. The third kappa shape index (κ3) is 2.95. The van der Waals surface area contributed by atoms with Crippen LogP contribution in [0.3, 0.4) is 0 Å². The van der Waals surface area contributed by atoms with Gasteiger partial charge in [0.05, 0.1) is 11.9 Å². The first kappa shape index (κ1) is 14.1. The number of hydrogen-bond acceptors (Lipinski definition) is 2. The molecule has 0 aliphatic heterocycles. The summed E-state index contributed by atoms with van der Waals surface area (Å²) in [5.41, 5.74) is 2.20. The summed E-state index contributed by atoms with van der Waals surface area (Å²) in [5.74, 6) is 0. The number of hydrogen-bond donors (Lipinski definition) is 1. The molecule has 0 saturated carbocycles. The molecule has 0 fully saturated rings. The molecule has 0 aliphatic rings. The van der Waals surface area contributed by atoms with Crippen molar-refractivity contribution in [2.75, 3.05) is 0 Å². The smallest absolute Gasteiger partial charge is 0.109 e. The van der Waals surface area contributed by atoms with E-state index in [9.17, 15) is 5.11 Å². The van der Waals surface area contributed by atoms with Gasteiger partial charge in [0.25, 0.3) is 0 Å². The molecule has 3 aromatic rings. The minimum atomic E-state index is -0.841. The third-order valence-electron chi connectivity index (χ3n) is 3.20. The lowest BCUT2D eigenvalue weighted by Crippen LogP contribution is -1.99. The highest BCUT2D eigenvalue weighted by atomic mass is 35.5. The zero-order chi connectivity index (χ0) is 14.8. The summed E-state index contributed by atoms with van der Waals surface area (Å²) in [6, 6.07) is 14.7. The molecule has 21 heavy (non-hydrogen) atoms. The van der Waals surface area contributed by atoms with Gasteiger partial charge >= 0.3 is 0 Å². The fourth-order valence-corrected chi connectivity index (χ4v) is 2.61. The molecule has 0 spiro atoms. The van der Waals surface area contributed by atoms with E-state index in [1.54, 1.807) is 35.3 Å². The number of nitrogens with zero attached hydrogens (tertiary/aromatic N) is 2. The largest absolute Gasteiger partial charge is 0.383 e. The molecule has 1 unspecified atom stereocenters. The number of para-hydroxylation sites is 1. The first-order valence-corrected chi connectivity index (χ1v) is 7.14. The van der Waals surface area contributed by atoms with E-state index in [1.807, 2.05) is 30.3 Å². The van der Waals surface area contributed by atoms with Gasteiger partial charge < -0.3 is 5.11 Å². The summed E-state index contributed by atoms with van der Waals surface area (Å²) in [6.45, 7) is 0. The molecule has 0 amide bonds. The van der Waals surface area contributed by atoms with Crippen molar-refractivity contribution in [3.8, 4) is 5.69 Å². The molecular weight excluding hydrogens is 307 g/mol. The second kappa shape index (κ2) is 5.90. The van der Waals surface area contributed by atoms with Gasteiger partial charge in [-0.25, -0.2) is 4.68 Å². The maximum Gasteiger partial charge on any atom is 0.109 e. The fourth-order valence-electron chi connectivity index (χ4n) is 2.10. The first-order valence-electron chi connectivity index (χ1n) is 6.38. The van der Waals surface area contributed by atoms with Gasteiger partial charge in [-0.05, 0) is 24.3 Å². The van der Waals surface area contributed by atoms with Crippen molar-refractivity contribution in [3.05, 3.63) is 82.1 Å². The van der Waals surface area contributed by atoms with Crippen molar-refractivity contribution in [1.29, 1.82) is 0 Å². The Bertz CT molecular complexity index is 756. The lowest BCUT2D eigenvalue weighted by Gasteiger charge is -2.11. The van der Waals surface area contributed by atoms with Gasteiger partial charge in [0.15, 0.2) is 0 Å². The number of benzene rings is 2. The lowest BCUT2D eigenvalue weighted by molar-refractivity contribution is 0.220. The SMILES string of the molecule is OC(c1cnn(-c2ccccc2)c1)c1ccc(Cl)cc1Cl. The van der Waals surface area contributed by atoms with Gasteiger partial charge in [-0.3, -0.25) is 0 Å². The maximum atomic E-state index is 10.4. The molecule has 1 heterocycles. The van der Waals surface area contributed by atoms with Crippen LogP contribution >= 0.6 is 23.2 Å². The Kier molecular flexibility index (Phi) is 3.97. The molecule has 0 bridgehead atoms. The molecule has 0 radical (unpaired) electrons. The molecule has 0 saturated heterocycles. The number of halogens is 2. The van der Waals surface area contributed by atoms with Crippen LogP contribution in [0.15, 0.2) is 60.9 Å². The molecule has 3 rings (SSSR count). The van der Waals surface area contributed by atoms with E-state index in [1.165, 1.54) is 0 Å². The summed E-state index contributed by atoms with van der Waals surface area (Å²) >= 11 is 12.0. The minimum Gasteiger partial charge on any atom is -0.383 e. The highest BCUT2D eigenvalue weighted by Gasteiger charge is 2.16. The average Bonchev–Trinajstić information content (AvgIpc) is 2.97. The minimum absolute atomic E-state index is 0.433. The Hall–Kier alpha value is -1.81. The van der Waals surface area contributed by atoms with Gasteiger partial charge in [0.1, 0.15) is 6.10 Å². The van der Waals surface area contributed by atoms with E-state index in [0.29, 0.717) is 21.2 Å². The Labute approximate surface area is 132 Å². The van der Waals surface area contributed by atoms with Crippen LogP contribution in [-0.4, -0.2) is 14.9 Å². The molecule has 1 atom stereocenters. The lowest BCUT2D eigenvalue weighted by atomic mass is 10.0. The highest BCUT2D eigenvalue weighted by molar-refractivity contribution is 6.35. The van der Waals surface area contributed by atoms with Gasteiger partial charge in [-0.2, -0.15) is 5.10 Å². The van der Waals surface area contributed by atoms with E-state index in [2.05, 4.69) is 5.10 Å². The molecule has 2 aromatic carbocycles. The van der Waals surface area contributed by atoms with Crippen LogP contribution in [0.1, 0.15) is 17.2 Å². The van der Waals surface area contributed by atoms with Crippen LogP contribution in [-0.2, 0) is 0 Å². The molecule has 3 nitrogen and oxygen atoms in total. The highest BCUT2D eigenvalue weighted by Crippen LogP contribution is 2.30. The fraction of sp³-hybridized carbons (Fsp3) is 0.0625. The van der Waals surface area contributed by atoms with Crippen LogP contribution in [0.25, 0.3) is 5.69 Å². The summed E-state index contributed by atoms with van der Waals surface area (Å²) in [4.78, 5) is 0. The number of aliphatic hydroxyl groups is 1. The summed E-state index contributed by atoms with van der Waals surface area (Å²) in [7, 11) is 0. The van der Waals surface area contributed by atoms with Gasteiger partial charge in [0.2, 0.25) is 0 Å². The Morgan fingerprint density at radius 2 is 1.81 bits per heavy atom. The first-order chi connectivity index (χ1) is 10.1. The predicted octanol–water partition coefficient (Wildman–Crippen LogP) is 4.26. The maximum absolute atomic E-state index is 10.4. The second-order valence-electron chi connectivity index (χ2n) is 4.62. The van der Waals surface area contributed by atoms with E-state index in [-0.39, 0.29) is 0 Å². The zero-order valence-electron chi connectivity index (χ0n) is 10.9. The van der Waals surface area contributed by atoms with Gasteiger partial charge in [-0.1, -0.05) is 47.5 Å². The van der Waals surface area contributed by atoms with Crippen LogP contribution in [0.5, 0.6) is 0 Å². The Morgan fingerprint density at radius 3 is 2.52 bits per heavy atom. The predicted molar refractivity (Wildman–Crippen MR) is 84.1 cm³/mol. The summed E-state index contributed by atoms with van der Waals surface area (Å²) in [5, 5.41) is 15.7. The summed E-state index contributed by atoms with van der Waals surface area (Å²) in [6.07, 6.45) is 2.57. The van der Waals surface area contributed by atoms with E-state index >= 15 is 0 Å². The van der Waals surface area contributed by atoms with Crippen LogP contribution in [0.4, 0.5) is 0 Å². The third-order valence-corrected chi connectivity index (χ3v) is 3.76. The van der Waals surface area contributed by atoms with E-state index in [4.69, 9.17) is 23.2 Å². The van der Waals surface area contributed by atoms with Crippen molar-refractivity contribution in [2.24, 2.45) is 0 Å². The van der Waals surface area contributed by atoms with Crippen molar-refractivity contribution in [1.82, 2.24) is 9.78 Å². The molecule has 0 aliphatic carbocycles. The number of aliphatic hydroxyl groups excluding tert-OH is 1. The molecule has 5 heteroatoms. The van der Waals surface area contributed by atoms with E-state index < -0.39 is 6.10 Å². The topological polar surface area (TPSA) is 38.1 Å². The molecule has 106 valence electrons. The van der Waals surface area contributed by atoms with Crippen molar-refractivity contribution in [2.45, 2.75) is 6.10 Å². The van der Waals surface area contributed by atoms with E-state index in [0.717, 1.165) is 5.69 Å². The average molecular weight is 319 g/mol. The van der Waals surface area contributed by atoms with Crippen LogP contribution in [0, 0.1) is 0 Å². The van der Waals surface area contributed by atoms with Crippen molar-refractivity contribution >= 4 is 23.2 Å². The van der Waals surface area contributed by atoms with Crippen molar-refractivity contribution in [3.63, 3.8) is 0 Å². The molecule has 1 aromatic heterocycles. The Balaban J connectivity index is 1.92. The van der Waals surface area contributed by atoms with Crippen molar-refractivity contribution < 1.29 is 5.11 Å². The Morgan fingerprint density at radius 1 is 1.05 bits per heavy atom. The summed E-state index contributed by atoms with van der Waals surface area (Å²) < 4.78 is 1.71. The normalized spacial score (nSPS) is 12.3. The van der Waals surface area contributed by atoms with Crippen LogP contribution < -0.4 is 0 Å². The van der Waals surface area contributed by atoms with Crippen LogP contribution in [0.2, 0.25) is 10.0 Å². The zero-order valence-corrected chi connectivity index (χ0v) is 12.5. The second-order valence-corrected chi connectivity index (χ2v) is 5.47.